The summed E-state index contributed by atoms with van der Waals surface area (Å²) in [4.78, 5) is 26.4. The first-order chi connectivity index (χ1) is 12.2. The van der Waals surface area contributed by atoms with Crippen molar-refractivity contribution in [1.82, 2.24) is 15.1 Å². The molecule has 1 saturated heterocycles. The summed E-state index contributed by atoms with van der Waals surface area (Å²) >= 11 is 1.36. The van der Waals surface area contributed by atoms with Gasteiger partial charge in [0.2, 0.25) is 10.9 Å². The third-order valence-electron chi connectivity index (χ3n) is 4.75. The number of aromatic nitrogens is 2. The third kappa shape index (κ3) is 3.71. The SMILES string of the molecule is O=C(Nc1ccccc1)c1nnc(C2CCN(C(=O)C3CC3)CC2)s1. The smallest absolute Gasteiger partial charge is 0.286 e. The van der Waals surface area contributed by atoms with Gasteiger partial charge in [-0.25, -0.2) is 0 Å². The Kier molecular flexibility index (Phi) is 4.48. The highest BCUT2D eigenvalue weighted by Gasteiger charge is 2.35. The van der Waals surface area contributed by atoms with Crippen LogP contribution in [-0.4, -0.2) is 40.0 Å². The number of rotatable bonds is 4. The summed E-state index contributed by atoms with van der Waals surface area (Å²) in [6.45, 7) is 1.57. The molecule has 0 bridgehead atoms. The zero-order chi connectivity index (χ0) is 17.2. The van der Waals surface area contributed by atoms with Gasteiger partial charge in [-0.15, -0.1) is 10.2 Å². The lowest BCUT2D eigenvalue weighted by Crippen LogP contribution is -2.38. The number of benzene rings is 1. The molecule has 1 N–H and O–H groups in total. The molecule has 0 spiro atoms. The van der Waals surface area contributed by atoms with E-state index in [4.69, 9.17) is 0 Å². The van der Waals surface area contributed by atoms with Gasteiger partial charge in [0.05, 0.1) is 0 Å². The maximum Gasteiger partial charge on any atom is 0.286 e. The van der Waals surface area contributed by atoms with Crippen molar-refractivity contribution in [2.24, 2.45) is 5.92 Å². The Balaban J connectivity index is 1.35. The Morgan fingerprint density at radius 1 is 1.04 bits per heavy atom. The van der Waals surface area contributed by atoms with Crippen LogP contribution in [0.2, 0.25) is 0 Å². The maximum atomic E-state index is 12.3. The Bertz CT molecular complexity index is 764. The van der Waals surface area contributed by atoms with Gasteiger partial charge in [-0.3, -0.25) is 9.59 Å². The normalized spacial score (nSPS) is 18.2. The van der Waals surface area contributed by atoms with E-state index in [1.165, 1.54) is 11.3 Å². The summed E-state index contributed by atoms with van der Waals surface area (Å²) in [6, 6.07) is 9.33. The van der Waals surface area contributed by atoms with Crippen LogP contribution in [0.4, 0.5) is 5.69 Å². The van der Waals surface area contributed by atoms with Gasteiger partial charge < -0.3 is 10.2 Å². The Labute approximate surface area is 150 Å². The van der Waals surface area contributed by atoms with Crippen LogP contribution in [-0.2, 0) is 4.79 Å². The van der Waals surface area contributed by atoms with Gasteiger partial charge in [-0.2, -0.15) is 0 Å². The van der Waals surface area contributed by atoms with Gasteiger partial charge in [-0.1, -0.05) is 29.5 Å². The van der Waals surface area contributed by atoms with Crippen LogP contribution in [0, 0.1) is 5.92 Å². The predicted octanol–water partition coefficient (Wildman–Crippen LogP) is 2.91. The van der Waals surface area contributed by atoms with Crippen molar-refractivity contribution in [2.75, 3.05) is 18.4 Å². The second kappa shape index (κ2) is 6.92. The van der Waals surface area contributed by atoms with Crippen molar-refractivity contribution in [3.63, 3.8) is 0 Å². The van der Waals surface area contributed by atoms with Crippen LogP contribution in [0.1, 0.15) is 46.4 Å². The second-order valence-corrected chi connectivity index (χ2v) is 7.65. The van der Waals surface area contributed by atoms with Gasteiger partial charge in [0.15, 0.2) is 0 Å². The molecular formula is C18H20N4O2S. The molecule has 2 fully saturated rings. The summed E-state index contributed by atoms with van der Waals surface area (Å²) in [6.07, 6.45) is 3.89. The number of nitrogens with one attached hydrogen (secondary N) is 1. The molecule has 0 radical (unpaired) electrons. The van der Waals surface area contributed by atoms with Crippen molar-refractivity contribution in [3.05, 3.63) is 40.3 Å². The minimum Gasteiger partial charge on any atom is -0.342 e. The van der Waals surface area contributed by atoms with Crippen LogP contribution in [0.15, 0.2) is 30.3 Å². The highest BCUT2D eigenvalue weighted by molar-refractivity contribution is 7.13. The average molecular weight is 356 g/mol. The molecule has 1 aromatic heterocycles. The summed E-state index contributed by atoms with van der Waals surface area (Å²) in [5.74, 6) is 0.667. The number of hydrogen-bond donors (Lipinski definition) is 1. The Morgan fingerprint density at radius 3 is 2.44 bits per heavy atom. The van der Waals surface area contributed by atoms with E-state index >= 15 is 0 Å². The number of piperidine rings is 1. The van der Waals surface area contributed by atoms with E-state index in [-0.39, 0.29) is 11.8 Å². The second-order valence-electron chi connectivity index (χ2n) is 6.64. The zero-order valence-corrected chi connectivity index (χ0v) is 14.7. The van der Waals surface area contributed by atoms with E-state index in [1.807, 2.05) is 35.2 Å². The minimum absolute atomic E-state index is 0.226. The fraction of sp³-hybridized carbons (Fsp3) is 0.444. The van der Waals surface area contributed by atoms with Gasteiger partial charge in [0.25, 0.3) is 5.91 Å². The fourth-order valence-electron chi connectivity index (χ4n) is 3.13. The molecule has 130 valence electrons. The van der Waals surface area contributed by atoms with Crippen molar-refractivity contribution in [1.29, 1.82) is 0 Å². The van der Waals surface area contributed by atoms with E-state index in [2.05, 4.69) is 15.5 Å². The molecule has 4 rings (SSSR count). The van der Waals surface area contributed by atoms with Gasteiger partial charge in [0.1, 0.15) is 5.01 Å². The summed E-state index contributed by atoms with van der Waals surface area (Å²) < 4.78 is 0. The number of para-hydroxylation sites is 1. The van der Waals surface area contributed by atoms with Gasteiger partial charge >= 0.3 is 0 Å². The molecule has 1 aliphatic heterocycles. The molecule has 0 atom stereocenters. The van der Waals surface area contributed by atoms with Crippen molar-refractivity contribution in [3.8, 4) is 0 Å². The molecule has 2 amide bonds. The molecule has 6 nitrogen and oxygen atoms in total. The van der Waals surface area contributed by atoms with Crippen molar-refractivity contribution in [2.45, 2.75) is 31.6 Å². The molecule has 2 aromatic rings. The lowest BCUT2D eigenvalue weighted by Gasteiger charge is -2.31. The topological polar surface area (TPSA) is 75.2 Å². The number of carbonyl (C=O) groups is 2. The summed E-state index contributed by atoms with van der Waals surface area (Å²) in [5.41, 5.74) is 0.746. The molecule has 1 saturated carbocycles. The molecular weight excluding hydrogens is 336 g/mol. The van der Waals surface area contributed by atoms with E-state index in [9.17, 15) is 9.59 Å². The summed E-state index contributed by atoms with van der Waals surface area (Å²) in [7, 11) is 0. The van der Waals surface area contributed by atoms with Gasteiger partial charge in [0, 0.05) is 30.6 Å². The Morgan fingerprint density at radius 2 is 1.76 bits per heavy atom. The first kappa shape index (κ1) is 16.2. The monoisotopic (exact) mass is 356 g/mol. The lowest BCUT2D eigenvalue weighted by molar-refractivity contribution is -0.133. The van der Waals surface area contributed by atoms with Crippen LogP contribution in [0.3, 0.4) is 0 Å². The van der Waals surface area contributed by atoms with Crippen molar-refractivity contribution >= 4 is 28.8 Å². The summed E-state index contributed by atoms with van der Waals surface area (Å²) in [5, 5.41) is 12.4. The quantitative estimate of drug-likeness (QED) is 0.914. The van der Waals surface area contributed by atoms with Gasteiger partial charge in [-0.05, 0) is 37.8 Å². The number of nitrogens with zero attached hydrogens (tertiary/aromatic N) is 3. The maximum absolute atomic E-state index is 12.3. The molecule has 2 heterocycles. The number of carbonyl (C=O) groups excluding carboxylic acids is 2. The van der Waals surface area contributed by atoms with Crippen LogP contribution < -0.4 is 5.32 Å². The van der Waals surface area contributed by atoms with Crippen LogP contribution in [0.25, 0.3) is 0 Å². The third-order valence-corrected chi connectivity index (χ3v) is 5.83. The van der Waals surface area contributed by atoms with Crippen LogP contribution in [0.5, 0.6) is 0 Å². The molecule has 7 heteroatoms. The van der Waals surface area contributed by atoms with E-state index in [0.717, 1.165) is 49.5 Å². The molecule has 25 heavy (non-hydrogen) atoms. The number of hydrogen-bond acceptors (Lipinski definition) is 5. The average Bonchev–Trinajstić information content (AvgIpc) is 3.38. The highest BCUT2D eigenvalue weighted by atomic mass is 32.1. The highest BCUT2D eigenvalue weighted by Crippen LogP contribution is 2.35. The largest absolute Gasteiger partial charge is 0.342 e. The first-order valence-electron chi connectivity index (χ1n) is 8.69. The minimum atomic E-state index is -0.226. The van der Waals surface area contributed by atoms with E-state index < -0.39 is 0 Å². The van der Waals surface area contributed by atoms with Crippen molar-refractivity contribution < 1.29 is 9.59 Å². The van der Waals surface area contributed by atoms with E-state index in [0.29, 0.717) is 16.8 Å². The number of anilines is 1. The fourth-order valence-corrected chi connectivity index (χ4v) is 4.04. The van der Waals surface area contributed by atoms with Crippen LogP contribution >= 0.6 is 11.3 Å². The zero-order valence-electron chi connectivity index (χ0n) is 13.9. The number of likely N-dealkylation sites (tertiary alicyclic amines) is 1. The standard InChI is InChI=1S/C18H20N4O2S/c23-15(19-14-4-2-1-3-5-14)17-21-20-16(25-17)12-8-10-22(11-9-12)18(24)13-6-7-13/h1-5,12-13H,6-11H2,(H,19,23). The predicted molar refractivity (Wildman–Crippen MR) is 95.6 cm³/mol. The molecule has 1 aliphatic carbocycles. The Hall–Kier alpha value is -2.28. The van der Waals surface area contributed by atoms with E-state index in [1.54, 1.807) is 0 Å². The lowest BCUT2D eigenvalue weighted by atomic mass is 9.97. The first-order valence-corrected chi connectivity index (χ1v) is 9.51. The molecule has 0 unspecified atom stereocenters. The molecule has 2 aliphatic rings. The molecule has 1 aromatic carbocycles. The number of amides is 2.